The molecular formula is C7H7F2NO. The molecule has 0 unspecified atom stereocenters. The lowest BCUT2D eigenvalue weighted by molar-refractivity contribution is 0.280. The molecule has 0 bridgehead atoms. The minimum Gasteiger partial charge on any atom is -0.394 e. The Kier molecular flexibility index (Phi) is 2.05. The van der Waals surface area contributed by atoms with Crippen LogP contribution in [0.2, 0.25) is 0 Å². The Morgan fingerprint density at radius 3 is 2.09 bits per heavy atom. The minimum absolute atomic E-state index is 0.175. The standard InChI is InChI=1S/C7H7F2NO/c8-5-1-4(3-11)2-6(9)7(5)10/h1-2,11H,3,10H2. The maximum absolute atomic E-state index is 12.6. The molecule has 4 heteroatoms. The number of hydrogen-bond acceptors (Lipinski definition) is 2. The van der Waals surface area contributed by atoms with Crippen LogP contribution < -0.4 is 5.73 Å². The normalized spacial score (nSPS) is 10.1. The summed E-state index contributed by atoms with van der Waals surface area (Å²) in [5, 5.41) is 8.50. The quantitative estimate of drug-likeness (QED) is 0.601. The van der Waals surface area contributed by atoms with Crippen LogP contribution in [0.5, 0.6) is 0 Å². The highest BCUT2D eigenvalue weighted by Crippen LogP contribution is 2.16. The number of hydrogen-bond donors (Lipinski definition) is 2. The number of nitrogens with two attached hydrogens (primary N) is 1. The second-order valence-electron chi connectivity index (χ2n) is 2.13. The van der Waals surface area contributed by atoms with Crippen molar-refractivity contribution >= 4 is 5.69 Å². The molecule has 0 saturated heterocycles. The van der Waals surface area contributed by atoms with E-state index in [1.807, 2.05) is 0 Å². The number of aliphatic hydroxyl groups is 1. The average Bonchev–Trinajstić information content (AvgIpc) is 1.99. The molecule has 0 atom stereocenters. The summed E-state index contributed by atoms with van der Waals surface area (Å²) in [6.07, 6.45) is 0. The highest BCUT2D eigenvalue weighted by Gasteiger charge is 2.06. The van der Waals surface area contributed by atoms with Gasteiger partial charge in [0.1, 0.15) is 17.3 Å². The number of anilines is 1. The van der Waals surface area contributed by atoms with Crippen molar-refractivity contribution in [2.75, 3.05) is 5.73 Å². The Labute approximate surface area is 62.3 Å². The molecule has 11 heavy (non-hydrogen) atoms. The molecule has 0 saturated carbocycles. The lowest BCUT2D eigenvalue weighted by Gasteiger charge is -2.00. The van der Waals surface area contributed by atoms with Crippen molar-refractivity contribution < 1.29 is 13.9 Å². The third-order valence-electron chi connectivity index (χ3n) is 1.32. The van der Waals surface area contributed by atoms with Crippen molar-refractivity contribution in [2.24, 2.45) is 0 Å². The molecule has 3 N–H and O–H groups in total. The van der Waals surface area contributed by atoms with Crippen molar-refractivity contribution in [3.05, 3.63) is 29.3 Å². The van der Waals surface area contributed by atoms with Gasteiger partial charge in [-0.25, -0.2) is 8.78 Å². The summed E-state index contributed by atoms with van der Waals surface area (Å²) in [5.74, 6) is -1.68. The predicted molar refractivity (Wildman–Crippen MR) is 36.7 cm³/mol. The van der Waals surface area contributed by atoms with Gasteiger partial charge in [-0.05, 0) is 17.7 Å². The molecule has 2 nitrogen and oxygen atoms in total. The molecule has 1 aromatic rings. The van der Waals surface area contributed by atoms with E-state index in [9.17, 15) is 8.78 Å². The third kappa shape index (κ3) is 1.46. The van der Waals surface area contributed by atoms with Gasteiger partial charge in [0.05, 0.1) is 6.61 Å². The van der Waals surface area contributed by atoms with Crippen LogP contribution in [0.1, 0.15) is 5.56 Å². The second-order valence-corrected chi connectivity index (χ2v) is 2.13. The fourth-order valence-corrected chi connectivity index (χ4v) is 0.728. The third-order valence-corrected chi connectivity index (χ3v) is 1.32. The van der Waals surface area contributed by atoms with Gasteiger partial charge in [0.15, 0.2) is 0 Å². The predicted octanol–water partition coefficient (Wildman–Crippen LogP) is 1.04. The summed E-state index contributed by atoms with van der Waals surface area (Å²) in [6, 6.07) is 2.00. The van der Waals surface area contributed by atoms with E-state index >= 15 is 0 Å². The first-order valence-electron chi connectivity index (χ1n) is 2.99. The summed E-state index contributed by atoms with van der Waals surface area (Å²) in [4.78, 5) is 0. The van der Waals surface area contributed by atoms with Crippen molar-refractivity contribution in [2.45, 2.75) is 6.61 Å². The van der Waals surface area contributed by atoms with E-state index in [1.165, 1.54) is 0 Å². The molecule has 0 amide bonds. The monoisotopic (exact) mass is 159 g/mol. The maximum atomic E-state index is 12.6. The molecule has 0 radical (unpaired) electrons. The fraction of sp³-hybridized carbons (Fsp3) is 0.143. The van der Waals surface area contributed by atoms with E-state index in [0.717, 1.165) is 12.1 Å². The van der Waals surface area contributed by atoms with Gasteiger partial charge in [-0.2, -0.15) is 0 Å². The van der Waals surface area contributed by atoms with Gasteiger partial charge in [-0.1, -0.05) is 0 Å². The van der Waals surface area contributed by atoms with E-state index in [1.54, 1.807) is 0 Å². The molecule has 0 aliphatic rings. The van der Waals surface area contributed by atoms with E-state index in [2.05, 4.69) is 0 Å². The molecule has 0 aliphatic heterocycles. The van der Waals surface area contributed by atoms with Crippen molar-refractivity contribution in [3.8, 4) is 0 Å². The highest BCUT2D eigenvalue weighted by molar-refractivity contribution is 5.42. The van der Waals surface area contributed by atoms with E-state index in [-0.39, 0.29) is 5.56 Å². The van der Waals surface area contributed by atoms with Crippen LogP contribution in [0, 0.1) is 11.6 Å². The molecule has 1 rings (SSSR count). The Hall–Kier alpha value is -1.16. The molecule has 1 aromatic carbocycles. The van der Waals surface area contributed by atoms with Crippen LogP contribution in [-0.2, 0) is 6.61 Å². The summed E-state index contributed by atoms with van der Waals surface area (Å²) in [7, 11) is 0. The summed E-state index contributed by atoms with van der Waals surface area (Å²) in [5.41, 5.74) is 4.64. The van der Waals surface area contributed by atoms with Crippen LogP contribution in [0.15, 0.2) is 12.1 Å². The molecular weight excluding hydrogens is 152 g/mol. The highest BCUT2D eigenvalue weighted by atomic mass is 19.1. The fourth-order valence-electron chi connectivity index (χ4n) is 0.728. The number of aliphatic hydroxyl groups excluding tert-OH is 1. The van der Waals surface area contributed by atoms with Crippen LogP contribution in [0.3, 0.4) is 0 Å². The lowest BCUT2D eigenvalue weighted by Crippen LogP contribution is -1.97. The minimum atomic E-state index is -0.839. The van der Waals surface area contributed by atoms with Crippen LogP contribution in [-0.4, -0.2) is 5.11 Å². The molecule has 0 aromatic heterocycles. The lowest BCUT2D eigenvalue weighted by atomic mass is 10.2. The first kappa shape index (κ1) is 7.94. The summed E-state index contributed by atoms with van der Waals surface area (Å²) in [6.45, 7) is -0.395. The summed E-state index contributed by atoms with van der Waals surface area (Å²) >= 11 is 0. The largest absolute Gasteiger partial charge is 0.394 e. The zero-order valence-corrected chi connectivity index (χ0v) is 5.64. The van der Waals surface area contributed by atoms with Gasteiger partial charge in [0.25, 0.3) is 0 Å². The van der Waals surface area contributed by atoms with Gasteiger partial charge >= 0.3 is 0 Å². The van der Waals surface area contributed by atoms with Crippen LogP contribution in [0.25, 0.3) is 0 Å². The van der Waals surface area contributed by atoms with Gasteiger partial charge in [0, 0.05) is 0 Å². The van der Waals surface area contributed by atoms with E-state index in [0.29, 0.717) is 0 Å². The zero-order chi connectivity index (χ0) is 8.43. The van der Waals surface area contributed by atoms with Gasteiger partial charge < -0.3 is 10.8 Å². The molecule has 60 valence electrons. The van der Waals surface area contributed by atoms with Crippen LogP contribution >= 0.6 is 0 Å². The van der Waals surface area contributed by atoms with E-state index < -0.39 is 23.9 Å². The summed E-state index contributed by atoms with van der Waals surface area (Å²) < 4.78 is 25.1. The Bertz CT molecular complexity index is 252. The number of benzene rings is 1. The number of rotatable bonds is 1. The first-order valence-corrected chi connectivity index (χ1v) is 2.99. The molecule has 0 aliphatic carbocycles. The first-order chi connectivity index (χ1) is 5.15. The Morgan fingerprint density at radius 1 is 1.27 bits per heavy atom. The Balaban J connectivity index is 3.21. The van der Waals surface area contributed by atoms with Crippen molar-refractivity contribution in [1.29, 1.82) is 0 Å². The molecule has 0 spiro atoms. The molecule has 0 fully saturated rings. The maximum Gasteiger partial charge on any atom is 0.149 e. The van der Waals surface area contributed by atoms with Crippen LogP contribution in [0.4, 0.5) is 14.5 Å². The SMILES string of the molecule is Nc1c(F)cc(CO)cc1F. The number of halogens is 2. The molecule has 0 heterocycles. The smallest absolute Gasteiger partial charge is 0.149 e. The topological polar surface area (TPSA) is 46.2 Å². The van der Waals surface area contributed by atoms with Gasteiger partial charge in [-0.15, -0.1) is 0 Å². The van der Waals surface area contributed by atoms with Gasteiger partial charge in [-0.3, -0.25) is 0 Å². The number of nitrogen functional groups attached to an aromatic ring is 1. The Morgan fingerprint density at radius 2 is 1.73 bits per heavy atom. The second kappa shape index (κ2) is 2.84. The van der Waals surface area contributed by atoms with E-state index in [4.69, 9.17) is 10.8 Å². The van der Waals surface area contributed by atoms with Crippen molar-refractivity contribution in [3.63, 3.8) is 0 Å². The zero-order valence-electron chi connectivity index (χ0n) is 5.64. The van der Waals surface area contributed by atoms with Crippen molar-refractivity contribution in [1.82, 2.24) is 0 Å². The average molecular weight is 159 g/mol. The van der Waals surface area contributed by atoms with Gasteiger partial charge in [0.2, 0.25) is 0 Å².